The Morgan fingerprint density at radius 3 is 2.65 bits per heavy atom. The van der Waals surface area contributed by atoms with Crippen LogP contribution in [0.5, 0.6) is 0 Å². The summed E-state index contributed by atoms with van der Waals surface area (Å²) in [6.45, 7) is 5.34. The molecule has 1 aromatic heterocycles. The van der Waals surface area contributed by atoms with Crippen LogP contribution in [0.15, 0.2) is 35.7 Å². The third kappa shape index (κ3) is 3.90. The van der Waals surface area contributed by atoms with Gasteiger partial charge in [0.15, 0.2) is 10.9 Å². The highest BCUT2D eigenvalue weighted by Gasteiger charge is 2.12. The van der Waals surface area contributed by atoms with Crippen LogP contribution < -0.4 is 4.90 Å². The molecule has 0 aliphatic carbocycles. The summed E-state index contributed by atoms with van der Waals surface area (Å²) in [5, 5.41) is 2.96. The Balaban J connectivity index is 2.01. The fourth-order valence-electron chi connectivity index (χ4n) is 2.07. The summed E-state index contributed by atoms with van der Waals surface area (Å²) in [5.74, 6) is 0.715. The lowest BCUT2D eigenvalue weighted by atomic mass is 10.1. The maximum Gasteiger partial charge on any atom is 0.185 e. The largest absolute Gasteiger partial charge is 0.351 e. The maximum absolute atomic E-state index is 12.1. The molecule has 0 unspecified atom stereocenters. The number of rotatable bonds is 6. The summed E-state index contributed by atoms with van der Waals surface area (Å²) in [7, 11) is 2.04. The topological polar surface area (TPSA) is 33.2 Å². The summed E-state index contributed by atoms with van der Waals surface area (Å²) >= 11 is 1.60. The standard InChI is InChI=1S/C16H20N2OS/c1-12(2)10-18(3)16-17-14(11-20-16)9-15(19)13-7-5-4-6-8-13/h4-8,11-12H,9-10H2,1-3H3. The Kier molecular flexibility index (Phi) is 4.90. The van der Waals surface area contributed by atoms with Crippen LogP contribution in [-0.2, 0) is 6.42 Å². The van der Waals surface area contributed by atoms with E-state index in [1.807, 2.05) is 42.8 Å². The van der Waals surface area contributed by atoms with Crippen molar-refractivity contribution in [3.05, 3.63) is 47.0 Å². The van der Waals surface area contributed by atoms with E-state index in [9.17, 15) is 4.79 Å². The van der Waals surface area contributed by atoms with Crippen molar-refractivity contribution in [2.75, 3.05) is 18.5 Å². The predicted molar refractivity (Wildman–Crippen MR) is 84.7 cm³/mol. The molecule has 20 heavy (non-hydrogen) atoms. The minimum Gasteiger partial charge on any atom is -0.351 e. The summed E-state index contributed by atoms with van der Waals surface area (Å²) in [5.41, 5.74) is 1.60. The van der Waals surface area contributed by atoms with Gasteiger partial charge in [0.05, 0.1) is 12.1 Å². The summed E-state index contributed by atoms with van der Waals surface area (Å²) in [6.07, 6.45) is 0.371. The van der Waals surface area contributed by atoms with Crippen molar-refractivity contribution in [1.82, 2.24) is 4.98 Å². The molecule has 106 valence electrons. The van der Waals surface area contributed by atoms with Gasteiger partial charge in [-0.25, -0.2) is 4.98 Å². The molecular formula is C16H20N2OS. The lowest BCUT2D eigenvalue weighted by molar-refractivity contribution is 0.0992. The first kappa shape index (κ1) is 14.7. The van der Waals surface area contributed by atoms with Gasteiger partial charge in [0, 0.05) is 24.5 Å². The van der Waals surface area contributed by atoms with E-state index in [1.54, 1.807) is 11.3 Å². The number of Topliss-reactive ketones (excluding diaryl/α,β-unsaturated/α-hetero) is 1. The SMILES string of the molecule is CC(C)CN(C)c1nc(CC(=O)c2ccccc2)cs1. The van der Waals surface area contributed by atoms with Crippen LogP contribution in [0.25, 0.3) is 0 Å². The second-order valence-electron chi connectivity index (χ2n) is 5.36. The fourth-order valence-corrected chi connectivity index (χ4v) is 2.87. The van der Waals surface area contributed by atoms with Gasteiger partial charge in [0.1, 0.15) is 0 Å². The van der Waals surface area contributed by atoms with Gasteiger partial charge in [-0.05, 0) is 5.92 Å². The lowest BCUT2D eigenvalue weighted by Gasteiger charge is -2.17. The number of thiazole rings is 1. The number of anilines is 1. The second-order valence-corrected chi connectivity index (χ2v) is 6.20. The Hall–Kier alpha value is -1.68. The van der Waals surface area contributed by atoms with E-state index in [0.29, 0.717) is 12.3 Å². The number of benzene rings is 1. The molecule has 2 aromatic rings. The number of nitrogens with zero attached hydrogens (tertiary/aromatic N) is 2. The van der Waals surface area contributed by atoms with Gasteiger partial charge in [0.25, 0.3) is 0 Å². The highest BCUT2D eigenvalue weighted by atomic mass is 32.1. The Morgan fingerprint density at radius 1 is 1.30 bits per heavy atom. The van der Waals surface area contributed by atoms with Crippen molar-refractivity contribution < 1.29 is 4.79 Å². The summed E-state index contributed by atoms with van der Waals surface area (Å²) in [6, 6.07) is 9.38. The molecule has 2 rings (SSSR count). The molecule has 0 aliphatic rings. The number of hydrogen-bond donors (Lipinski definition) is 0. The van der Waals surface area contributed by atoms with Crippen LogP contribution in [0.1, 0.15) is 29.9 Å². The first-order valence-electron chi connectivity index (χ1n) is 6.80. The molecule has 1 heterocycles. The normalized spacial score (nSPS) is 10.8. The third-order valence-electron chi connectivity index (χ3n) is 2.94. The predicted octanol–water partition coefficient (Wildman–Crippen LogP) is 3.66. The average molecular weight is 288 g/mol. The van der Waals surface area contributed by atoms with Crippen molar-refractivity contribution in [2.24, 2.45) is 5.92 Å². The molecule has 0 N–H and O–H groups in total. The van der Waals surface area contributed by atoms with Crippen LogP contribution in [0, 0.1) is 5.92 Å². The minimum atomic E-state index is 0.119. The van der Waals surface area contributed by atoms with Gasteiger partial charge in [-0.3, -0.25) is 4.79 Å². The van der Waals surface area contributed by atoms with Gasteiger partial charge in [-0.2, -0.15) is 0 Å². The highest BCUT2D eigenvalue weighted by molar-refractivity contribution is 7.13. The van der Waals surface area contributed by atoms with Crippen molar-refractivity contribution in [2.45, 2.75) is 20.3 Å². The zero-order chi connectivity index (χ0) is 14.5. The number of aromatic nitrogens is 1. The fraction of sp³-hybridized carbons (Fsp3) is 0.375. The number of carbonyl (C=O) groups excluding carboxylic acids is 1. The maximum atomic E-state index is 12.1. The molecule has 1 aromatic carbocycles. The number of carbonyl (C=O) groups is 1. The van der Waals surface area contributed by atoms with Gasteiger partial charge >= 0.3 is 0 Å². The van der Waals surface area contributed by atoms with Crippen LogP contribution >= 0.6 is 11.3 Å². The monoisotopic (exact) mass is 288 g/mol. The Bertz CT molecular complexity index is 563. The molecule has 3 nitrogen and oxygen atoms in total. The molecule has 0 amide bonds. The summed E-state index contributed by atoms with van der Waals surface area (Å²) < 4.78 is 0. The zero-order valence-electron chi connectivity index (χ0n) is 12.2. The van der Waals surface area contributed by atoms with Crippen molar-refractivity contribution in [3.63, 3.8) is 0 Å². The summed E-state index contributed by atoms with van der Waals surface area (Å²) in [4.78, 5) is 18.8. The first-order chi connectivity index (χ1) is 9.56. The molecule has 0 saturated heterocycles. The van der Waals surface area contributed by atoms with Crippen molar-refractivity contribution in [3.8, 4) is 0 Å². The average Bonchev–Trinajstić information content (AvgIpc) is 2.87. The smallest absolute Gasteiger partial charge is 0.185 e. The molecule has 0 saturated carbocycles. The number of ketones is 1. The number of hydrogen-bond acceptors (Lipinski definition) is 4. The lowest BCUT2D eigenvalue weighted by Crippen LogP contribution is -2.22. The van der Waals surface area contributed by atoms with E-state index >= 15 is 0 Å². The van der Waals surface area contributed by atoms with Crippen molar-refractivity contribution in [1.29, 1.82) is 0 Å². The van der Waals surface area contributed by atoms with Crippen LogP contribution in [0.2, 0.25) is 0 Å². The zero-order valence-corrected chi connectivity index (χ0v) is 13.0. The van der Waals surface area contributed by atoms with E-state index in [-0.39, 0.29) is 5.78 Å². The van der Waals surface area contributed by atoms with Gasteiger partial charge < -0.3 is 4.90 Å². The van der Waals surface area contributed by atoms with E-state index in [1.165, 1.54) is 0 Å². The van der Waals surface area contributed by atoms with Crippen LogP contribution in [0.3, 0.4) is 0 Å². The quantitative estimate of drug-likeness (QED) is 0.761. The van der Waals surface area contributed by atoms with E-state index in [2.05, 4.69) is 23.7 Å². The Labute approximate surface area is 124 Å². The second kappa shape index (κ2) is 6.66. The first-order valence-corrected chi connectivity index (χ1v) is 7.68. The van der Waals surface area contributed by atoms with Crippen molar-refractivity contribution >= 4 is 22.3 Å². The molecular weight excluding hydrogens is 268 g/mol. The van der Waals surface area contributed by atoms with Gasteiger partial charge in [-0.15, -0.1) is 11.3 Å². The van der Waals surface area contributed by atoms with Crippen LogP contribution in [0.4, 0.5) is 5.13 Å². The molecule has 0 radical (unpaired) electrons. The highest BCUT2D eigenvalue weighted by Crippen LogP contribution is 2.21. The molecule has 0 bridgehead atoms. The molecule has 0 spiro atoms. The van der Waals surface area contributed by atoms with E-state index < -0.39 is 0 Å². The van der Waals surface area contributed by atoms with Gasteiger partial charge in [0.2, 0.25) is 0 Å². The molecule has 0 aliphatic heterocycles. The minimum absolute atomic E-state index is 0.119. The Morgan fingerprint density at radius 2 is 2.00 bits per heavy atom. The molecule has 0 fully saturated rings. The van der Waals surface area contributed by atoms with Crippen LogP contribution in [-0.4, -0.2) is 24.4 Å². The van der Waals surface area contributed by atoms with E-state index in [4.69, 9.17) is 0 Å². The third-order valence-corrected chi connectivity index (χ3v) is 3.95. The van der Waals surface area contributed by atoms with E-state index in [0.717, 1.165) is 22.9 Å². The van der Waals surface area contributed by atoms with Gasteiger partial charge in [-0.1, -0.05) is 44.2 Å². The molecule has 4 heteroatoms. The molecule has 0 atom stereocenters.